The first kappa shape index (κ1) is 23.7. The average Bonchev–Trinajstić information content (AvgIpc) is 3.22. The highest BCUT2D eigenvalue weighted by molar-refractivity contribution is 7.92. The van der Waals surface area contributed by atoms with Gasteiger partial charge in [-0.3, -0.25) is 9.52 Å². The molecule has 11 heteroatoms. The Morgan fingerprint density at radius 2 is 1.91 bits per heavy atom. The van der Waals surface area contributed by atoms with Gasteiger partial charge >= 0.3 is 0 Å². The number of carbonyl (C=O) groups is 1. The number of carbonyl (C=O) groups excluding carboxylic acids is 1. The predicted octanol–water partition coefficient (Wildman–Crippen LogP) is 4.15. The molecule has 0 aliphatic carbocycles. The summed E-state index contributed by atoms with van der Waals surface area (Å²) in [5, 5.41) is 6.70. The Balaban J connectivity index is 1.62. The summed E-state index contributed by atoms with van der Waals surface area (Å²) in [5.41, 5.74) is 0.211. The van der Waals surface area contributed by atoms with E-state index in [0.717, 1.165) is 12.1 Å². The number of rotatable bonds is 9. The Bertz CT molecular complexity index is 1200. The smallest absolute Gasteiger partial charge is 0.261 e. The first-order chi connectivity index (χ1) is 15.2. The summed E-state index contributed by atoms with van der Waals surface area (Å²) in [6, 6.07) is 8.67. The van der Waals surface area contributed by atoms with Gasteiger partial charge in [-0.05, 0) is 48.9 Å². The third-order valence-corrected chi connectivity index (χ3v) is 6.15. The van der Waals surface area contributed by atoms with Crippen LogP contribution in [0, 0.1) is 5.82 Å². The molecule has 0 saturated carbocycles. The number of halogens is 2. The van der Waals surface area contributed by atoms with E-state index in [9.17, 15) is 17.6 Å². The number of sulfonamides is 1. The lowest BCUT2D eigenvalue weighted by molar-refractivity contribution is 0.0953. The highest BCUT2D eigenvalue weighted by atomic mass is 35.5. The van der Waals surface area contributed by atoms with Crippen LogP contribution in [0.5, 0.6) is 0 Å². The van der Waals surface area contributed by atoms with E-state index < -0.39 is 21.7 Å². The van der Waals surface area contributed by atoms with E-state index in [1.807, 2.05) is 13.8 Å². The molecule has 0 spiro atoms. The number of hydrogen-bond acceptors (Lipinski definition) is 6. The van der Waals surface area contributed by atoms with Crippen LogP contribution in [-0.2, 0) is 16.4 Å². The van der Waals surface area contributed by atoms with Crippen LogP contribution >= 0.6 is 11.6 Å². The number of aromatic nitrogens is 2. The molecule has 170 valence electrons. The van der Waals surface area contributed by atoms with E-state index in [4.69, 9.17) is 16.1 Å². The van der Waals surface area contributed by atoms with Gasteiger partial charge in [-0.1, -0.05) is 30.6 Å². The van der Waals surface area contributed by atoms with E-state index >= 15 is 0 Å². The van der Waals surface area contributed by atoms with Crippen molar-refractivity contribution < 1.29 is 22.1 Å². The second kappa shape index (κ2) is 10.1. The molecule has 0 unspecified atom stereocenters. The van der Waals surface area contributed by atoms with Gasteiger partial charge in [0, 0.05) is 24.6 Å². The van der Waals surface area contributed by atoms with Crippen molar-refractivity contribution in [2.75, 3.05) is 11.3 Å². The molecular weight excluding hydrogens is 459 g/mol. The maximum Gasteiger partial charge on any atom is 0.261 e. The van der Waals surface area contributed by atoms with Crippen molar-refractivity contribution in [1.29, 1.82) is 0 Å². The molecule has 8 nitrogen and oxygen atoms in total. The Labute approximate surface area is 190 Å². The molecule has 0 saturated heterocycles. The number of nitrogens with one attached hydrogen (secondary N) is 2. The molecule has 0 radical (unpaired) electrons. The molecule has 3 aromatic rings. The average molecular weight is 481 g/mol. The minimum atomic E-state index is -4.00. The van der Waals surface area contributed by atoms with Crippen LogP contribution in [0.3, 0.4) is 0 Å². The van der Waals surface area contributed by atoms with Gasteiger partial charge in [0.05, 0.1) is 15.5 Å². The third-order valence-electron chi connectivity index (χ3n) is 4.44. The lowest BCUT2D eigenvalue weighted by Crippen LogP contribution is -2.25. The monoisotopic (exact) mass is 480 g/mol. The zero-order valence-corrected chi connectivity index (χ0v) is 19.0. The summed E-state index contributed by atoms with van der Waals surface area (Å²) in [7, 11) is -4.00. The van der Waals surface area contributed by atoms with Crippen LogP contribution in [0.15, 0.2) is 51.9 Å². The van der Waals surface area contributed by atoms with Gasteiger partial charge in [0.15, 0.2) is 5.82 Å². The van der Waals surface area contributed by atoms with E-state index in [2.05, 4.69) is 20.2 Å². The van der Waals surface area contributed by atoms with Crippen LogP contribution in [0.2, 0.25) is 5.02 Å². The molecule has 32 heavy (non-hydrogen) atoms. The fourth-order valence-electron chi connectivity index (χ4n) is 2.72. The second-order valence-corrected chi connectivity index (χ2v) is 9.40. The Morgan fingerprint density at radius 1 is 1.19 bits per heavy atom. The van der Waals surface area contributed by atoms with Gasteiger partial charge < -0.3 is 9.84 Å². The Kier molecular flexibility index (Phi) is 7.47. The fourth-order valence-corrected chi connectivity index (χ4v) is 4.01. The number of nitrogens with zero attached hydrogens (tertiary/aromatic N) is 2. The molecule has 0 atom stereocenters. The van der Waals surface area contributed by atoms with Gasteiger partial charge in [-0.25, -0.2) is 12.8 Å². The van der Waals surface area contributed by atoms with Crippen LogP contribution in [0.25, 0.3) is 0 Å². The SMILES string of the molecule is CC(C)c1noc(CCCNC(=O)c2cc(S(=O)(=O)Nc3ccc(F)cc3)ccc2Cl)n1. The van der Waals surface area contributed by atoms with Crippen LogP contribution in [0.4, 0.5) is 10.1 Å². The first-order valence-electron chi connectivity index (χ1n) is 9.84. The Hall–Kier alpha value is -2.98. The van der Waals surface area contributed by atoms with Crippen LogP contribution in [0.1, 0.15) is 48.3 Å². The zero-order valence-electron chi connectivity index (χ0n) is 17.4. The van der Waals surface area contributed by atoms with E-state index in [-0.39, 0.29) is 27.1 Å². The largest absolute Gasteiger partial charge is 0.352 e. The molecular formula is C21H22ClFN4O4S. The van der Waals surface area contributed by atoms with Crippen LogP contribution in [-0.4, -0.2) is 31.0 Å². The number of hydrogen-bond donors (Lipinski definition) is 2. The number of anilines is 1. The van der Waals surface area contributed by atoms with Crippen molar-refractivity contribution in [2.45, 2.75) is 37.5 Å². The molecule has 1 heterocycles. The third kappa shape index (κ3) is 6.04. The van der Waals surface area contributed by atoms with E-state index in [0.29, 0.717) is 31.1 Å². The maximum atomic E-state index is 13.0. The molecule has 0 fully saturated rings. The molecule has 2 aromatic carbocycles. The lowest BCUT2D eigenvalue weighted by Gasteiger charge is -2.11. The molecule has 2 N–H and O–H groups in total. The van der Waals surface area contributed by atoms with Crippen molar-refractivity contribution in [2.24, 2.45) is 0 Å². The summed E-state index contributed by atoms with van der Waals surface area (Å²) in [6.07, 6.45) is 1.04. The topological polar surface area (TPSA) is 114 Å². The quantitative estimate of drug-likeness (QED) is 0.445. The summed E-state index contributed by atoms with van der Waals surface area (Å²) in [4.78, 5) is 16.7. The van der Waals surface area contributed by atoms with Gasteiger partial charge in [0.25, 0.3) is 15.9 Å². The summed E-state index contributed by atoms with van der Waals surface area (Å²) < 4.78 is 45.8. The highest BCUT2D eigenvalue weighted by Crippen LogP contribution is 2.23. The number of benzene rings is 2. The molecule has 0 bridgehead atoms. The van der Waals surface area contributed by atoms with E-state index in [1.54, 1.807) is 0 Å². The van der Waals surface area contributed by atoms with Crippen molar-refractivity contribution in [3.63, 3.8) is 0 Å². The van der Waals surface area contributed by atoms with E-state index in [1.165, 1.54) is 30.3 Å². The lowest BCUT2D eigenvalue weighted by atomic mass is 10.2. The summed E-state index contributed by atoms with van der Waals surface area (Å²) in [6.45, 7) is 4.23. The zero-order chi connectivity index (χ0) is 23.3. The normalized spacial score (nSPS) is 11.5. The molecule has 1 aromatic heterocycles. The van der Waals surface area contributed by atoms with Gasteiger partial charge in [0.2, 0.25) is 5.89 Å². The minimum Gasteiger partial charge on any atom is -0.352 e. The minimum absolute atomic E-state index is 0.0218. The molecule has 1 amide bonds. The second-order valence-electron chi connectivity index (χ2n) is 7.31. The summed E-state index contributed by atoms with van der Waals surface area (Å²) in [5.74, 6) is 0.277. The van der Waals surface area contributed by atoms with Gasteiger partial charge in [-0.2, -0.15) is 4.98 Å². The van der Waals surface area contributed by atoms with Crippen LogP contribution < -0.4 is 10.0 Å². The first-order valence-corrected chi connectivity index (χ1v) is 11.7. The molecule has 0 aliphatic heterocycles. The summed E-state index contributed by atoms with van der Waals surface area (Å²) >= 11 is 6.11. The Morgan fingerprint density at radius 3 is 2.56 bits per heavy atom. The molecule has 3 rings (SSSR count). The van der Waals surface area contributed by atoms with Crippen molar-refractivity contribution in [3.8, 4) is 0 Å². The predicted molar refractivity (Wildman–Crippen MR) is 118 cm³/mol. The van der Waals surface area contributed by atoms with Crippen molar-refractivity contribution >= 4 is 33.2 Å². The standard InChI is InChI=1S/C21H22ClFN4O4S/c1-13(2)20-25-19(31-26-20)4-3-11-24-21(28)17-12-16(9-10-18(17)22)32(29,30)27-15-7-5-14(23)6-8-15/h5-10,12-13,27H,3-4,11H2,1-2H3,(H,24,28). The fraction of sp³-hybridized carbons (Fsp3) is 0.286. The molecule has 0 aliphatic rings. The number of amides is 1. The van der Waals surface area contributed by atoms with Crippen molar-refractivity contribution in [1.82, 2.24) is 15.5 Å². The van der Waals surface area contributed by atoms with Gasteiger partial charge in [0.1, 0.15) is 5.82 Å². The van der Waals surface area contributed by atoms with Crippen molar-refractivity contribution in [3.05, 3.63) is 70.6 Å². The highest BCUT2D eigenvalue weighted by Gasteiger charge is 2.19. The van der Waals surface area contributed by atoms with Gasteiger partial charge in [-0.15, -0.1) is 0 Å². The number of aryl methyl sites for hydroxylation is 1. The maximum absolute atomic E-state index is 13.0.